The third kappa shape index (κ3) is 5.53. The second-order valence-electron chi connectivity index (χ2n) is 8.22. The zero-order valence-electron chi connectivity index (χ0n) is 18.4. The maximum absolute atomic E-state index is 12.9. The van der Waals surface area contributed by atoms with Crippen LogP contribution in [0.5, 0.6) is 0 Å². The number of nitrogens with zero attached hydrogens (tertiary/aromatic N) is 5. The minimum atomic E-state index is -0.209. The number of hydrogen-bond acceptors (Lipinski definition) is 7. The SMILES string of the molecule is CN(CC(=O)Nc1ccc(N2CCOCC2)cc1)C(=O)C1CCCN(c2ncccn2)C1. The van der Waals surface area contributed by atoms with Gasteiger partial charge in [-0.15, -0.1) is 0 Å². The molecule has 1 aromatic carbocycles. The maximum Gasteiger partial charge on any atom is 0.243 e. The number of carbonyl (C=O) groups is 2. The number of amides is 2. The Morgan fingerprint density at radius 2 is 1.81 bits per heavy atom. The van der Waals surface area contributed by atoms with Gasteiger partial charge in [-0.25, -0.2) is 9.97 Å². The average molecular weight is 439 g/mol. The molecule has 2 saturated heterocycles. The van der Waals surface area contributed by atoms with E-state index in [-0.39, 0.29) is 24.3 Å². The van der Waals surface area contributed by atoms with E-state index in [1.54, 1.807) is 25.5 Å². The van der Waals surface area contributed by atoms with Crippen molar-refractivity contribution in [2.24, 2.45) is 5.92 Å². The molecule has 9 heteroatoms. The van der Waals surface area contributed by atoms with Gasteiger partial charge < -0.3 is 24.8 Å². The lowest BCUT2D eigenvalue weighted by Crippen LogP contribution is -2.46. The first-order valence-electron chi connectivity index (χ1n) is 11.1. The van der Waals surface area contributed by atoms with Gasteiger partial charge in [0.1, 0.15) is 0 Å². The number of benzene rings is 1. The minimum absolute atomic E-state index is 0.0163. The summed E-state index contributed by atoms with van der Waals surface area (Å²) in [4.78, 5) is 39.9. The number of nitrogens with one attached hydrogen (secondary N) is 1. The van der Waals surface area contributed by atoms with E-state index >= 15 is 0 Å². The van der Waals surface area contributed by atoms with E-state index in [1.807, 2.05) is 29.2 Å². The number of morpholine rings is 1. The van der Waals surface area contributed by atoms with Crippen molar-refractivity contribution in [1.29, 1.82) is 0 Å². The molecule has 2 aliphatic heterocycles. The van der Waals surface area contributed by atoms with Crippen LogP contribution in [0, 0.1) is 5.92 Å². The van der Waals surface area contributed by atoms with E-state index in [1.165, 1.54) is 4.90 Å². The summed E-state index contributed by atoms with van der Waals surface area (Å²) in [7, 11) is 1.68. The summed E-state index contributed by atoms with van der Waals surface area (Å²) in [5.74, 6) is 0.242. The van der Waals surface area contributed by atoms with Gasteiger partial charge in [0.15, 0.2) is 0 Å². The second-order valence-corrected chi connectivity index (χ2v) is 8.22. The molecule has 2 aliphatic rings. The summed E-state index contributed by atoms with van der Waals surface area (Å²) in [5.41, 5.74) is 1.83. The lowest BCUT2D eigenvalue weighted by atomic mass is 9.97. The maximum atomic E-state index is 12.9. The molecule has 1 aromatic heterocycles. The van der Waals surface area contributed by atoms with E-state index in [0.29, 0.717) is 12.5 Å². The Labute approximate surface area is 188 Å². The molecule has 1 N–H and O–H groups in total. The minimum Gasteiger partial charge on any atom is -0.378 e. The summed E-state index contributed by atoms with van der Waals surface area (Å²) in [6.45, 7) is 4.62. The van der Waals surface area contributed by atoms with Gasteiger partial charge in [-0.1, -0.05) is 0 Å². The molecule has 32 heavy (non-hydrogen) atoms. The van der Waals surface area contributed by atoms with Crippen LogP contribution in [-0.4, -0.2) is 79.7 Å². The van der Waals surface area contributed by atoms with Crippen LogP contribution in [-0.2, 0) is 14.3 Å². The lowest BCUT2D eigenvalue weighted by molar-refractivity contribution is -0.137. The van der Waals surface area contributed by atoms with Crippen LogP contribution in [0.3, 0.4) is 0 Å². The van der Waals surface area contributed by atoms with Crippen LogP contribution < -0.4 is 15.1 Å². The van der Waals surface area contributed by atoms with Gasteiger partial charge in [0.2, 0.25) is 17.8 Å². The van der Waals surface area contributed by atoms with Gasteiger partial charge in [0.25, 0.3) is 0 Å². The normalized spacial score (nSPS) is 18.8. The van der Waals surface area contributed by atoms with Crippen LogP contribution >= 0.6 is 0 Å². The Balaban J connectivity index is 1.27. The number of rotatable bonds is 6. The molecule has 0 spiro atoms. The summed E-state index contributed by atoms with van der Waals surface area (Å²) in [5, 5.41) is 2.89. The van der Waals surface area contributed by atoms with E-state index < -0.39 is 0 Å². The Morgan fingerprint density at radius 1 is 1.09 bits per heavy atom. The molecular weight excluding hydrogens is 408 g/mol. The molecule has 0 aliphatic carbocycles. The molecule has 2 amide bonds. The highest BCUT2D eigenvalue weighted by atomic mass is 16.5. The Hall–Kier alpha value is -3.20. The summed E-state index contributed by atoms with van der Waals surface area (Å²) < 4.78 is 5.39. The number of hydrogen-bond donors (Lipinski definition) is 1. The highest BCUT2D eigenvalue weighted by Gasteiger charge is 2.29. The van der Waals surface area contributed by atoms with E-state index in [9.17, 15) is 9.59 Å². The number of piperidine rings is 1. The van der Waals surface area contributed by atoms with Crippen molar-refractivity contribution >= 4 is 29.1 Å². The van der Waals surface area contributed by atoms with Gasteiger partial charge in [0, 0.05) is 57.0 Å². The monoisotopic (exact) mass is 438 g/mol. The topological polar surface area (TPSA) is 90.9 Å². The first kappa shape index (κ1) is 22.0. The number of carbonyl (C=O) groups excluding carboxylic acids is 2. The molecule has 2 aromatic rings. The Kier molecular flexibility index (Phi) is 7.16. The molecule has 0 radical (unpaired) electrons. The number of aromatic nitrogens is 2. The van der Waals surface area contributed by atoms with Crippen LogP contribution in [0.1, 0.15) is 12.8 Å². The predicted octanol–water partition coefficient (Wildman–Crippen LogP) is 1.63. The summed E-state index contributed by atoms with van der Waals surface area (Å²) >= 11 is 0. The molecule has 2 fully saturated rings. The fourth-order valence-electron chi connectivity index (χ4n) is 4.20. The molecule has 170 valence electrons. The van der Waals surface area contributed by atoms with Crippen molar-refractivity contribution in [3.05, 3.63) is 42.7 Å². The largest absolute Gasteiger partial charge is 0.378 e. The van der Waals surface area contributed by atoms with E-state index in [2.05, 4.69) is 20.2 Å². The summed E-state index contributed by atoms with van der Waals surface area (Å²) in [6.07, 6.45) is 5.11. The third-order valence-electron chi connectivity index (χ3n) is 5.89. The van der Waals surface area contributed by atoms with Crippen LogP contribution in [0.2, 0.25) is 0 Å². The van der Waals surface area contributed by atoms with Gasteiger partial charge in [-0.3, -0.25) is 9.59 Å². The molecule has 4 rings (SSSR count). The molecule has 0 saturated carbocycles. The molecule has 9 nitrogen and oxygen atoms in total. The van der Waals surface area contributed by atoms with Crippen molar-refractivity contribution in [1.82, 2.24) is 14.9 Å². The highest BCUT2D eigenvalue weighted by Crippen LogP contribution is 2.22. The van der Waals surface area contributed by atoms with Gasteiger partial charge in [-0.05, 0) is 43.2 Å². The van der Waals surface area contributed by atoms with Crippen molar-refractivity contribution in [2.45, 2.75) is 12.8 Å². The number of likely N-dealkylation sites (N-methyl/N-ethyl adjacent to an activating group) is 1. The molecular formula is C23H30N6O3. The standard InChI is InChI=1S/C23H30N6O3/c1-27(22(31)18-4-2-11-29(16-18)23-24-9-3-10-25-23)17-21(30)26-19-5-7-20(8-6-19)28-12-14-32-15-13-28/h3,5-10,18H,2,4,11-17H2,1H3,(H,26,30). The lowest BCUT2D eigenvalue weighted by Gasteiger charge is -2.33. The predicted molar refractivity (Wildman–Crippen MR) is 123 cm³/mol. The van der Waals surface area contributed by atoms with Crippen molar-refractivity contribution in [2.75, 3.05) is 68.1 Å². The van der Waals surface area contributed by atoms with Crippen molar-refractivity contribution in [3.63, 3.8) is 0 Å². The first-order chi connectivity index (χ1) is 15.6. The van der Waals surface area contributed by atoms with Gasteiger partial charge in [-0.2, -0.15) is 0 Å². The average Bonchev–Trinajstić information content (AvgIpc) is 2.85. The fourth-order valence-corrected chi connectivity index (χ4v) is 4.20. The zero-order valence-corrected chi connectivity index (χ0v) is 18.4. The van der Waals surface area contributed by atoms with Gasteiger partial charge >= 0.3 is 0 Å². The first-order valence-corrected chi connectivity index (χ1v) is 11.1. The molecule has 0 bridgehead atoms. The zero-order chi connectivity index (χ0) is 22.3. The quantitative estimate of drug-likeness (QED) is 0.733. The molecule has 1 unspecified atom stereocenters. The Bertz CT molecular complexity index is 902. The second kappa shape index (κ2) is 10.4. The number of ether oxygens (including phenoxy) is 1. The van der Waals surface area contributed by atoms with Crippen molar-refractivity contribution in [3.8, 4) is 0 Å². The van der Waals surface area contributed by atoms with Crippen LogP contribution in [0.4, 0.5) is 17.3 Å². The van der Waals surface area contributed by atoms with Crippen LogP contribution in [0.25, 0.3) is 0 Å². The number of anilines is 3. The molecule has 1 atom stereocenters. The van der Waals surface area contributed by atoms with Crippen LogP contribution in [0.15, 0.2) is 42.7 Å². The van der Waals surface area contributed by atoms with E-state index in [4.69, 9.17) is 4.74 Å². The van der Waals surface area contributed by atoms with Crippen molar-refractivity contribution < 1.29 is 14.3 Å². The van der Waals surface area contributed by atoms with E-state index in [0.717, 1.165) is 57.1 Å². The smallest absolute Gasteiger partial charge is 0.243 e. The third-order valence-corrected chi connectivity index (χ3v) is 5.89. The summed E-state index contributed by atoms with van der Waals surface area (Å²) in [6, 6.07) is 9.56. The Morgan fingerprint density at radius 3 is 2.53 bits per heavy atom. The molecule has 3 heterocycles. The fraction of sp³-hybridized carbons (Fsp3) is 0.478. The highest BCUT2D eigenvalue weighted by molar-refractivity contribution is 5.95. The van der Waals surface area contributed by atoms with Gasteiger partial charge in [0.05, 0.1) is 25.7 Å².